The first-order chi connectivity index (χ1) is 13.6. The number of allylic oxidation sites excluding steroid dienone is 7. The second-order valence-corrected chi connectivity index (χ2v) is 9.94. The van der Waals surface area contributed by atoms with Crippen LogP contribution in [0, 0.1) is 11.3 Å². The normalized spacial score (nSPS) is 33.1. The van der Waals surface area contributed by atoms with Gasteiger partial charge in [-0.25, -0.2) is 4.39 Å². The number of ketones is 1. The summed E-state index contributed by atoms with van der Waals surface area (Å²) in [5.41, 5.74) is 3.67. The summed E-state index contributed by atoms with van der Waals surface area (Å²) in [5.74, 6) is 0.443. The van der Waals surface area contributed by atoms with Gasteiger partial charge in [0.2, 0.25) is 0 Å². The van der Waals surface area contributed by atoms with Crippen LogP contribution in [-0.4, -0.2) is 22.7 Å². The minimum atomic E-state index is -1.23. The van der Waals surface area contributed by atoms with E-state index >= 15 is 0 Å². The molecule has 2 fully saturated rings. The molecule has 3 aliphatic carbocycles. The van der Waals surface area contributed by atoms with Crippen molar-refractivity contribution in [2.45, 2.75) is 96.8 Å². The molecule has 0 saturated heterocycles. The largest absolute Gasteiger partial charge is 0.383 e. The molecule has 3 heteroatoms. The molecule has 2 nitrogen and oxygen atoms in total. The van der Waals surface area contributed by atoms with Gasteiger partial charge >= 0.3 is 0 Å². The van der Waals surface area contributed by atoms with Crippen molar-refractivity contribution in [3.63, 3.8) is 0 Å². The molecule has 0 spiro atoms. The van der Waals surface area contributed by atoms with E-state index in [0.717, 1.165) is 44.1 Å². The Morgan fingerprint density at radius 3 is 2.83 bits per heavy atom. The summed E-state index contributed by atoms with van der Waals surface area (Å²) in [7, 11) is 0. The van der Waals surface area contributed by atoms with Crippen molar-refractivity contribution in [1.29, 1.82) is 0 Å². The van der Waals surface area contributed by atoms with E-state index in [1.165, 1.54) is 24.0 Å². The summed E-state index contributed by atoms with van der Waals surface area (Å²) >= 11 is 0. The SMILES string of the molecule is C=C1/C(=C\C=C2/CCC[C@]3(C)C(CCCC(=O)C(C)(C)O)=CCC23)CCC[C@@H]1F. The third-order valence-electron chi connectivity index (χ3n) is 7.44. The summed E-state index contributed by atoms with van der Waals surface area (Å²) in [4.78, 5) is 12.0. The van der Waals surface area contributed by atoms with Crippen molar-refractivity contribution in [3.8, 4) is 0 Å². The van der Waals surface area contributed by atoms with E-state index in [1.807, 2.05) is 0 Å². The summed E-state index contributed by atoms with van der Waals surface area (Å²) in [6.07, 6.45) is 15.1. The molecule has 29 heavy (non-hydrogen) atoms. The first-order valence-electron chi connectivity index (χ1n) is 11.3. The van der Waals surface area contributed by atoms with E-state index in [1.54, 1.807) is 13.8 Å². The van der Waals surface area contributed by atoms with Crippen LogP contribution < -0.4 is 0 Å². The molecule has 0 bridgehead atoms. The lowest BCUT2D eigenvalue weighted by Gasteiger charge is -2.41. The second-order valence-electron chi connectivity index (χ2n) is 9.94. The molecular formula is C26H37FO2. The van der Waals surface area contributed by atoms with Gasteiger partial charge in [0.25, 0.3) is 0 Å². The highest BCUT2D eigenvalue weighted by atomic mass is 19.1. The highest BCUT2D eigenvalue weighted by Crippen LogP contribution is 2.55. The molecule has 0 amide bonds. The van der Waals surface area contributed by atoms with Gasteiger partial charge in [0.05, 0.1) is 0 Å². The van der Waals surface area contributed by atoms with Crippen LogP contribution in [0.25, 0.3) is 0 Å². The fourth-order valence-electron chi connectivity index (χ4n) is 5.44. The highest BCUT2D eigenvalue weighted by Gasteiger charge is 2.44. The van der Waals surface area contributed by atoms with E-state index in [2.05, 4.69) is 31.7 Å². The number of fused-ring (bicyclic) bond motifs is 1. The Morgan fingerprint density at radius 1 is 1.34 bits per heavy atom. The number of hydrogen-bond acceptors (Lipinski definition) is 2. The van der Waals surface area contributed by atoms with Crippen LogP contribution in [0.5, 0.6) is 0 Å². The number of hydrogen-bond donors (Lipinski definition) is 1. The molecule has 0 aliphatic heterocycles. The van der Waals surface area contributed by atoms with Crippen LogP contribution in [0.2, 0.25) is 0 Å². The number of carbonyl (C=O) groups excluding carboxylic acids is 1. The molecule has 3 aliphatic rings. The average Bonchev–Trinajstić information content (AvgIpc) is 2.99. The molecule has 3 rings (SSSR count). The maximum Gasteiger partial charge on any atom is 0.163 e. The molecule has 0 aromatic rings. The fourth-order valence-corrected chi connectivity index (χ4v) is 5.44. The van der Waals surface area contributed by atoms with Gasteiger partial charge < -0.3 is 5.11 Å². The standard InChI is InChI=1S/C26H37FO2/c1-18-19(8-5-11-23(18)27)13-14-20-9-7-17-26(4)21(15-16-22(20)26)10-6-12-24(28)25(2,3)29/h13-15,22-23,29H,1,5-12,16-17H2,2-4H3/b19-13-,20-14+/t22?,23-,26+/m0/s1. The van der Waals surface area contributed by atoms with Gasteiger partial charge in [-0.3, -0.25) is 4.79 Å². The topological polar surface area (TPSA) is 37.3 Å². The van der Waals surface area contributed by atoms with E-state index in [4.69, 9.17) is 0 Å². The minimum Gasteiger partial charge on any atom is -0.383 e. The maximum atomic E-state index is 14.0. The first kappa shape index (κ1) is 22.2. The molecular weight excluding hydrogens is 363 g/mol. The van der Waals surface area contributed by atoms with Crippen molar-refractivity contribution < 1.29 is 14.3 Å². The Hall–Kier alpha value is -1.48. The summed E-state index contributed by atoms with van der Waals surface area (Å²) in [6, 6.07) is 0. The van der Waals surface area contributed by atoms with Gasteiger partial charge in [-0.05, 0) is 94.1 Å². The zero-order valence-electron chi connectivity index (χ0n) is 18.4. The van der Waals surface area contributed by atoms with E-state index < -0.39 is 11.8 Å². The number of aliphatic hydroxyl groups is 1. The predicted octanol–water partition coefficient (Wildman–Crippen LogP) is 6.56. The van der Waals surface area contributed by atoms with Crippen LogP contribution in [0.3, 0.4) is 0 Å². The minimum absolute atomic E-state index is 0.0764. The molecule has 160 valence electrons. The Morgan fingerprint density at radius 2 is 2.10 bits per heavy atom. The van der Waals surface area contributed by atoms with Gasteiger partial charge in [0, 0.05) is 6.42 Å². The van der Waals surface area contributed by atoms with Crippen LogP contribution in [0.1, 0.15) is 85.0 Å². The predicted molar refractivity (Wildman–Crippen MR) is 117 cm³/mol. The molecule has 0 radical (unpaired) electrons. The zero-order chi connectivity index (χ0) is 21.2. The molecule has 1 unspecified atom stereocenters. The lowest BCUT2D eigenvalue weighted by Crippen LogP contribution is -2.32. The average molecular weight is 401 g/mol. The number of alkyl halides is 1. The van der Waals surface area contributed by atoms with Crippen LogP contribution in [-0.2, 0) is 4.79 Å². The highest BCUT2D eigenvalue weighted by molar-refractivity contribution is 5.86. The van der Waals surface area contributed by atoms with Crippen LogP contribution in [0.15, 0.2) is 47.1 Å². The van der Waals surface area contributed by atoms with Gasteiger partial charge in [-0.15, -0.1) is 0 Å². The number of Topliss-reactive ketones (excluding diaryl/α,β-unsaturated/α-hetero) is 1. The maximum absolute atomic E-state index is 14.0. The number of rotatable bonds is 6. The van der Waals surface area contributed by atoms with Crippen LogP contribution >= 0.6 is 0 Å². The second kappa shape index (κ2) is 8.71. The number of halogens is 1. The van der Waals surface area contributed by atoms with E-state index in [9.17, 15) is 14.3 Å². The molecule has 2 saturated carbocycles. The lowest BCUT2D eigenvalue weighted by atomic mass is 9.63. The van der Waals surface area contributed by atoms with Crippen molar-refractivity contribution in [3.05, 3.63) is 47.1 Å². The Balaban J connectivity index is 1.66. The summed E-state index contributed by atoms with van der Waals surface area (Å²) < 4.78 is 14.0. The van der Waals surface area contributed by atoms with Gasteiger partial charge in [-0.2, -0.15) is 0 Å². The third kappa shape index (κ3) is 4.82. The molecule has 0 heterocycles. The van der Waals surface area contributed by atoms with Gasteiger partial charge in [0.15, 0.2) is 5.78 Å². The molecule has 0 aromatic heterocycles. The fraction of sp³-hybridized carbons (Fsp3) is 0.654. The van der Waals surface area contributed by atoms with Crippen molar-refractivity contribution in [2.75, 3.05) is 0 Å². The van der Waals surface area contributed by atoms with E-state index in [-0.39, 0.29) is 11.2 Å². The summed E-state index contributed by atoms with van der Waals surface area (Å²) in [6.45, 7) is 9.49. The smallest absolute Gasteiger partial charge is 0.163 e. The Labute approximate surface area is 175 Å². The Kier molecular flexibility index (Phi) is 6.67. The van der Waals surface area contributed by atoms with E-state index in [0.29, 0.717) is 24.3 Å². The monoisotopic (exact) mass is 400 g/mol. The Bertz CT molecular complexity index is 749. The van der Waals surface area contributed by atoms with Crippen molar-refractivity contribution >= 4 is 5.78 Å². The molecule has 3 atom stereocenters. The molecule has 0 aromatic carbocycles. The van der Waals surface area contributed by atoms with Crippen LogP contribution in [0.4, 0.5) is 4.39 Å². The van der Waals surface area contributed by atoms with Crippen molar-refractivity contribution in [2.24, 2.45) is 11.3 Å². The summed E-state index contributed by atoms with van der Waals surface area (Å²) in [5, 5.41) is 9.85. The number of carbonyl (C=O) groups is 1. The zero-order valence-corrected chi connectivity index (χ0v) is 18.4. The van der Waals surface area contributed by atoms with Gasteiger partial charge in [0.1, 0.15) is 11.8 Å². The van der Waals surface area contributed by atoms with Crippen molar-refractivity contribution in [1.82, 2.24) is 0 Å². The van der Waals surface area contributed by atoms with Gasteiger partial charge in [-0.1, -0.05) is 42.9 Å². The third-order valence-corrected chi connectivity index (χ3v) is 7.44. The first-order valence-corrected chi connectivity index (χ1v) is 11.3. The lowest BCUT2D eigenvalue weighted by molar-refractivity contribution is -0.134. The molecule has 1 N–H and O–H groups in total. The quantitative estimate of drug-likeness (QED) is 0.512.